The number of unbranched alkanes of at least 4 members (excludes halogenated alkanes) is 15. The van der Waals surface area contributed by atoms with E-state index in [0.717, 1.165) is 44.6 Å². The van der Waals surface area contributed by atoms with Gasteiger partial charge in [0.15, 0.2) is 0 Å². The van der Waals surface area contributed by atoms with Crippen LogP contribution >= 0.6 is 11.3 Å². The summed E-state index contributed by atoms with van der Waals surface area (Å²) in [6.45, 7) is 8.59. The maximum atomic E-state index is 11.8. The van der Waals surface area contributed by atoms with E-state index in [1.54, 1.807) is 11.3 Å². The highest BCUT2D eigenvalue weighted by Crippen LogP contribution is 2.11. The van der Waals surface area contributed by atoms with Crippen LogP contribution in [0.25, 0.3) is 0 Å². The minimum absolute atomic E-state index is 0.0570. The van der Waals surface area contributed by atoms with Crippen LogP contribution in [0.3, 0.4) is 0 Å². The Morgan fingerprint density at radius 1 is 0.590 bits per heavy atom. The Morgan fingerprint density at radius 2 is 1.00 bits per heavy atom. The molecule has 0 radical (unpaired) electrons. The molecule has 0 bridgehead atoms. The average molecular weight is 570 g/mol. The molecule has 6 nitrogen and oxygen atoms in total. The van der Waals surface area contributed by atoms with Crippen LogP contribution in [0.1, 0.15) is 126 Å². The Kier molecular flexibility index (Phi) is 27.7. The third-order valence-corrected chi connectivity index (χ3v) is 7.48. The van der Waals surface area contributed by atoms with Gasteiger partial charge in [0.1, 0.15) is 0 Å². The Morgan fingerprint density at radius 3 is 1.44 bits per heavy atom. The predicted octanol–water partition coefficient (Wildman–Crippen LogP) is 8.20. The summed E-state index contributed by atoms with van der Waals surface area (Å²) >= 11 is 1.56. The smallest absolute Gasteiger partial charge is 0.252 e. The van der Waals surface area contributed by atoms with E-state index in [9.17, 15) is 4.79 Å². The maximum absolute atomic E-state index is 11.8. The van der Waals surface area contributed by atoms with E-state index < -0.39 is 0 Å². The minimum atomic E-state index is 0.0570. The molecule has 0 unspecified atom stereocenters. The fraction of sp³-hybridized carbons (Fsp3) is 0.844. The van der Waals surface area contributed by atoms with E-state index in [4.69, 9.17) is 18.9 Å². The molecule has 0 saturated heterocycles. The van der Waals surface area contributed by atoms with Gasteiger partial charge in [-0.3, -0.25) is 4.79 Å². The Labute approximate surface area is 243 Å². The summed E-state index contributed by atoms with van der Waals surface area (Å²) in [5.41, 5.74) is 0.781. The first-order chi connectivity index (χ1) is 19.3. The highest BCUT2D eigenvalue weighted by molar-refractivity contribution is 7.08. The number of hydrogen-bond acceptors (Lipinski definition) is 6. The van der Waals surface area contributed by atoms with Crippen molar-refractivity contribution in [2.45, 2.75) is 116 Å². The summed E-state index contributed by atoms with van der Waals surface area (Å²) in [5.74, 6) is 0.0570. The van der Waals surface area contributed by atoms with Gasteiger partial charge in [-0.15, -0.1) is 0 Å². The molecule has 0 aliphatic carbocycles. The summed E-state index contributed by atoms with van der Waals surface area (Å²) in [7, 11) is 0. The first kappa shape index (κ1) is 36.0. The lowest BCUT2D eigenvalue weighted by molar-refractivity contribution is -0.00248. The maximum Gasteiger partial charge on any atom is 0.252 e. The van der Waals surface area contributed by atoms with E-state index in [0.29, 0.717) is 39.6 Å². The zero-order chi connectivity index (χ0) is 27.9. The van der Waals surface area contributed by atoms with Gasteiger partial charge < -0.3 is 24.3 Å². The first-order valence-electron chi connectivity index (χ1n) is 16.0. The van der Waals surface area contributed by atoms with Crippen LogP contribution in [0, 0.1) is 0 Å². The lowest BCUT2D eigenvalue weighted by Crippen LogP contribution is -2.23. The summed E-state index contributed by atoms with van der Waals surface area (Å²) in [6, 6.07) is 1.87. The quantitative estimate of drug-likeness (QED) is 0.0913. The van der Waals surface area contributed by atoms with Gasteiger partial charge in [0.2, 0.25) is 0 Å². The van der Waals surface area contributed by atoms with Gasteiger partial charge in [0.05, 0.1) is 39.6 Å². The molecule has 1 aromatic heterocycles. The minimum Gasteiger partial charge on any atom is -0.379 e. The molecule has 1 N–H and O–H groups in total. The van der Waals surface area contributed by atoms with Crippen LogP contribution in [-0.4, -0.2) is 65.3 Å². The van der Waals surface area contributed by atoms with Crippen molar-refractivity contribution in [1.29, 1.82) is 0 Å². The predicted molar refractivity (Wildman–Crippen MR) is 164 cm³/mol. The second kappa shape index (κ2) is 30.0. The van der Waals surface area contributed by atoms with Crippen molar-refractivity contribution in [3.8, 4) is 0 Å². The summed E-state index contributed by atoms with van der Waals surface area (Å²) in [5, 5.41) is 6.83. The lowest BCUT2D eigenvalue weighted by Gasteiger charge is -2.08. The molecule has 0 fully saturated rings. The summed E-state index contributed by atoms with van der Waals surface area (Å²) in [6.07, 6.45) is 21.7. The molecule has 1 aromatic rings. The van der Waals surface area contributed by atoms with Gasteiger partial charge in [-0.05, 0) is 30.7 Å². The Bertz CT molecular complexity index is 614. The molecule has 0 aliphatic heterocycles. The summed E-state index contributed by atoms with van der Waals surface area (Å²) < 4.78 is 22.4. The van der Waals surface area contributed by atoms with Crippen molar-refractivity contribution in [3.63, 3.8) is 0 Å². The molecular weight excluding hydrogens is 510 g/mol. The second-order valence-electron chi connectivity index (χ2n) is 10.4. The molecule has 228 valence electrons. The van der Waals surface area contributed by atoms with Crippen molar-refractivity contribution < 1.29 is 23.7 Å². The molecule has 0 atom stereocenters. The van der Waals surface area contributed by atoms with Gasteiger partial charge in [-0.2, -0.15) is 11.3 Å². The van der Waals surface area contributed by atoms with Gasteiger partial charge in [-0.25, -0.2) is 0 Å². The van der Waals surface area contributed by atoms with Crippen LogP contribution in [0.5, 0.6) is 0 Å². The van der Waals surface area contributed by atoms with Crippen LogP contribution in [0.2, 0.25) is 0 Å². The Balaban J connectivity index is 1.63. The van der Waals surface area contributed by atoms with E-state index in [-0.39, 0.29) is 5.91 Å². The monoisotopic (exact) mass is 569 g/mol. The van der Waals surface area contributed by atoms with Crippen molar-refractivity contribution in [3.05, 3.63) is 22.4 Å². The Hall–Kier alpha value is -0.990. The normalized spacial score (nSPS) is 11.3. The molecular formula is C32H59NO5S. The van der Waals surface area contributed by atoms with Crippen molar-refractivity contribution >= 4 is 17.2 Å². The zero-order valence-corrected chi connectivity index (χ0v) is 25.9. The third kappa shape index (κ3) is 25.7. The number of ether oxygens (including phenoxy) is 4. The number of thiophene rings is 1. The van der Waals surface area contributed by atoms with E-state index >= 15 is 0 Å². The number of rotatable bonds is 31. The topological polar surface area (TPSA) is 66.0 Å². The highest BCUT2D eigenvalue weighted by Gasteiger charge is 2.03. The standard InChI is InChI=1S/C32H59NO5S/c1-2-3-4-5-11-14-17-21-35-23-25-37-27-28-38-26-24-36-22-18-15-12-9-7-6-8-10-13-16-20-33-32(34)31-19-29-39-30-31/h19,29-30H,2-18,20-28H2,1H3,(H,33,34). The van der Waals surface area contributed by atoms with Crippen LogP contribution < -0.4 is 5.32 Å². The van der Waals surface area contributed by atoms with Crippen LogP contribution in [-0.2, 0) is 18.9 Å². The van der Waals surface area contributed by atoms with E-state index in [2.05, 4.69) is 12.2 Å². The number of nitrogens with one attached hydrogen (secondary N) is 1. The average Bonchev–Trinajstić information content (AvgIpc) is 3.49. The van der Waals surface area contributed by atoms with Gasteiger partial charge in [0.25, 0.3) is 5.91 Å². The number of carbonyl (C=O) groups excluding carboxylic acids is 1. The molecule has 0 aliphatic rings. The van der Waals surface area contributed by atoms with Crippen molar-refractivity contribution in [1.82, 2.24) is 5.32 Å². The second-order valence-corrected chi connectivity index (χ2v) is 11.2. The molecule has 39 heavy (non-hydrogen) atoms. The van der Waals surface area contributed by atoms with Gasteiger partial charge in [-0.1, -0.05) is 96.8 Å². The fourth-order valence-electron chi connectivity index (χ4n) is 4.36. The van der Waals surface area contributed by atoms with Crippen molar-refractivity contribution in [2.75, 3.05) is 59.4 Å². The molecule has 1 amide bonds. The SMILES string of the molecule is CCCCCCCCCOCCOCCOCCOCCCCCCCCCCCCNC(=O)c1ccsc1. The highest BCUT2D eigenvalue weighted by atomic mass is 32.1. The van der Waals surface area contributed by atoms with Crippen LogP contribution in [0.4, 0.5) is 0 Å². The molecule has 7 heteroatoms. The van der Waals surface area contributed by atoms with Gasteiger partial charge >= 0.3 is 0 Å². The molecule has 0 saturated carbocycles. The third-order valence-electron chi connectivity index (χ3n) is 6.79. The molecule has 0 spiro atoms. The van der Waals surface area contributed by atoms with Gasteiger partial charge in [0, 0.05) is 30.7 Å². The zero-order valence-electron chi connectivity index (χ0n) is 25.1. The fourth-order valence-corrected chi connectivity index (χ4v) is 5.00. The largest absolute Gasteiger partial charge is 0.379 e. The van der Waals surface area contributed by atoms with E-state index in [1.807, 2.05) is 16.8 Å². The number of hydrogen-bond donors (Lipinski definition) is 1. The van der Waals surface area contributed by atoms with E-state index in [1.165, 1.54) is 89.9 Å². The molecule has 1 heterocycles. The van der Waals surface area contributed by atoms with Crippen molar-refractivity contribution in [2.24, 2.45) is 0 Å². The number of carbonyl (C=O) groups is 1. The lowest BCUT2D eigenvalue weighted by atomic mass is 10.1. The molecule has 1 rings (SSSR count). The van der Waals surface area contributed by atoms with Crippen LogP contribution in [0.15, 0.2) is 16.8 Å². The first-order valence-corrected chi connectivity index (χ1v) is 16.9. The summed E-state index contributed by atoms with van der Waals surface area (Å²) in [4.78, 5) is 11.8. The molecule has 0 aromatic carbocycles. The number of amides is 1.